The van der Waals surface area contributed by atoms with E-state index < -0.39 is 9.84 Å². The van der Waals surface area contributed by atoms with E-state index in [0.717, 1.165) is 11.1 Å². The van der Waals surface area contributed by atoms with Crippen molar-refractivity contribution in [2.45, 2.75) is 18.2 Å². The summed E-state index contributed by atoms with van der Waals surface area (Å²) in [6.45, 7) is 1.92. The van der Waals surface area contributed by atoms with E-state index in [1.54, 1.807) is 18.2 Å². The van der Waals surface area contributed by atoms with Gasteiger partial charge in [-0.1, -0.05) is 6.07 Å². The highest BCUT2D eigenvalue weighted by molar-refractivity contribution is 7.91. The van der Waals surface area contributed by atoms with Crippen LogP contribution in [-0.4, -0.2) is 29.2 Å². The molecule has 122 valence electrons. The minimum atomic E-state index is -3.23. The number of benzene rings is 2. The molecule has 0 fully saturated rings. The Labute approximate surface area is 139 Å². The fourth-order valence-electron chi connectivity index (χ4n) is 3.06. The number of nitrogens with zero attached hydrogens (tertiary/aromatic N) is 2. The molecule has 2 N–H and O–H groups in total. The molecule has 6 nitrogen and oxygen atoms in total. The predicted molar refractivity (Wildman–Crippen MR) is 91.4 cm³/mol. The van der Waals surface area contributed by atoms with Crippen LogP contribution in [-0.2, 0) is 16.3 Å². The van der Waals surface area contributed by atoms with Crippen molar-refractivity contribution in [3.63, 3.8) is 0 Å². The lowest BCUT2D eigenvalue weighted by atomic mass is 10.1. The van der Waals surface area contributed by atoms with Crippen molar-refractivity contribution in [1.29, 1.82) is 0 Å². The van der Waals surface area contributed by atoms with E-state index in [1.807, 2.05) is 19.1 Å². The number of nitrogens with one attached hydrogen (secondary N) is 1. The van der Waals surface area contributed by atoms with Crippen molar-refractivity contribution in [2.24, 2.45) is 0 Å². The fourth-order valence-corrected chi connectivity index (χ4v) is 4.61. The van der Waals surface area contributed by atoms with Crippen molar-refractivity contribution in [3.8, 4) is 5.75 Å². The molecule has 1 aliphatic heterocycles. The summed E-state index contributed by atoms with van der Waals surface area (Å²) in [5.74, 6) is 0.702. The lowest BCUT2D eigenvalue weighted by Gasteiger charge is -2.12. The van der Waals surface area contributed by atoms with Gasteiger partial charge in [0.05, 0.1) is 21.9 Å². The molecular weight excluding hydrogens is 326 g/mol. The highest BCUT2D eigenvalue weighted by atomic mass is 32.2. The first kappa shape index (κ1) is 14.9. The number of aryl methyl sites for hydroxylation is 2. The number of phenolic OH excluding ortho intramolecular Hbond substituents is 1. The van der Waals surface area contributed by atoms with Gasteiger partial charge in [-0.3, -0.25) is 0 Å². The highest BCUT2D eigenvalue weighted by Gasteiger charge is 2.29. The summed E-state index contributed by atoms with van der Waals surface area (Å²) in [4.78, 5) is 8.86. The molecule has 3 aromatic rings. The molecule has 24 heavy (non-hydrogen) atoms. The Bertz CT molecular complexity index is 1080. The molecule has 1 aliphatic rings. The third kappa shape index (κ3) is 2.28. The molecule has 0 aliphatic carbocycles. The topological polar surface area (TPSA) is 92.2 Å². The Balaban J connectivity index is 1.94. The Hall–Kier alpha value is -2.67. The number of sulfone groups is 1. The van der Waals surface area contributed by atoms with Gasteiger partial charge in [-0.15, -0.1) is 0 Å². The molecule has 0 amide bonds. The normalized spacial score (nSPS) is 15.4. The molecule has 0 radical (unpaired) electrons. The first-order chi connectivity index (χ1) is 11.5. The van der Waals surface area contributed by atoms with Crippen molar-refractivity contribution >= 4 is 32.2 Å². The van der Waals surface area contributed by atoms with Crippen LogP contribution in [0.1, 0.15) is 11.1 Å². The summed E-state index contributed by atoms with van der Waals surface area (Å²) in [5.41, 5.74) is 2.92. The van der Waals surface area contributed by atoms with Gasteiger partial charge in [0.25, 0.3) is 0 Å². The van der Waals surface area contributed by atoms with Gasteiger partial charge in [-0.05, 0) is 48.7 Å². The van der Waals surface area contributed by atoms with Crippen LogP contribution in [0.15, 0.2) is 41.6 Å². The smallest absolute Gasteiger partial charge is 0.179 e. The second-order valence-corrected chi connectivity index (χ2v) is 7.95. The largest absolute Gasteiger partial charge is 0.506 e. The van der Waals surface area contributed by atoms with E-state index in [1.165, 1.54) is 6.33 Å². The SMILES string of the molecule is Cc1ccc(O)c(Nc2ncnc3ccc4c(c23)CCS4(=O)=O)c1. The molecule has 0 unspecified atom stereocenters. The lowest BCUT2D eigenvalue weighted by Crippen LogP contribution is -2.00. The number of aromatic hydroxyl groups is 1. The Kier molecular flexibility index (Phi) is 3.21. The van der Waals surface area contributed by atoms with Crippen molar-refractivity contribution in [3.05, 3.63) is 47.8 Å². The molecule has 1 aromatic heterocycles. The second kappa shape index (κ2) is 5.17. The Morgan fingerprint density at radius 1 is 1.17 bits per heavy atom. The molecule has 0 saturated heterocycles. The van der Waals surface area contributed by atoms with Crippen molar-refractivity contribution < 1.29 is 13.5 Å². The van der Waals surface area contributed by atoms with Crippen LogP contribution >= 0.6 is 0 Å². The molecule has 2 heterocycles. The molecule has 0 saturated carbocycles. The maximum atomic E-state index is 12.2. The first-order valence-electron chi connectivity index (χ1n) is 7.52. The molecule has 0 atom stereocenters. The molecule has 0 bridgehead atoms. The number of hydrogen-bond acceptors (Lipinski definition) is 6. The predicted octanol–water partition coefficient (Wildman–Crippen LogP) is 2.72. The van der Waals surface area contributed by atoms with Crippen molar-refractivity contribution in [2.75, 3.05) is 11.1 Å². The first-order valence-corrected chi connectivity index (χ1v) is 9.17. The van der Waals surface area contributed by atoms with E-state index in [-0.39, 0.29) is 11.5 Å². The zero-order valence-electron chi connectivity index (χ0n) is 12.9. The highest BCUT2D eigenvalue weighted by Crippen LogP contribution is 2.36. The van der Waals surface area contributed by atoms with Gasteiger partial charge in [-0.25, -0.2) is 18.4 Å². The molecule has 0 spiro atoms. The third-order valence-corrected chi connectivity index (χ3v) is 6.02. The van der Waals surface area contributed by atoms with Gasteiger partial charge in [0.2, 0.25) is 0 Å². The maximum absolute atomic E-state index is 12.2. The second-order valence-electron chi connectivity index (χ2n) is 5.87. The van der Waals surface area contributed by atoms with Crippen molar-refractivity contribution in [1.82, 2.24) is 9.97 Å². The zero-order valence-corrected chi connectivity index (χ0v) is 13.8. The van der Waals surface area contributed by atoms with Crippen LogP contribution in [0.5, 0.6) is 5.75 Å². The molecule has 7 heteroatoms. The van der Waals surface area contributed by atoms with Crippen LogP contribution < -0.4 is 5.32 Å². The summed E-state index contributed by atoms with van der Waals surface area (Å²) >= 11 is 0. The van der Waals surface area contributed by atoms with Gasteiger partial charge in [-0.2, -0.15) is 0 Å². The van der Waals surface area contributed by atoms with Crippen LogP contribution in [0, 0.1) is 6.92 Å². The summed E-state index contributed by atoms with van der Waals surface area (Å²) in [6, 6.07) is 8.53. The molecule has 2 aromatic carbocycles. The van der Waals surface area contributed by atoms with Gasteiger partial charge in [0, 0.05) is 5.39 Å². The number of phenols is 1. The van der Waals surface area contributed by atoms with E-state index in [0.29, 0.717) is 33.7 Å². The summed E-state index contributed by atoms with van der Waals surface area (Å²) in [5, 5.41) is 13.9. The maximum Gasteiger partial charge on any atom is 0.179 e. The van der Waals surface area contributed by atoms with E-state index in [2.05, 4.69) is 15.3 Å². The zero-order chi connectivity index (χ0) is 16.9. The fraction of sp³-hybridized carbons (Fsp3) is 0.176. The van der Waals surface area contributed by atoms with Gasteiger partial charge >= 0.3 is 0 Å². The minimum absolute atomic E-state index is 0.103. The standard InChI is InChI=1S/C17H15N3O3S/c1-10-2-4-14(21)13(8-10)20-17-16-11-6-7-24(22,23)15(11)5-3-12(16)18-9-19-17/h2-5,8-9,21H,6-7H2,1H3,(H,18,19,20). The van der Waals surface area contributed by atoms with E-state index in [9.17, 15) is 13.5 Å². The number of aromatic nitrogens is 2. The van der Waals surface area contributed by atoms with Gasteiger partial charge in [0.15, 0.2) is 9.84 Å². The number of rotatable bonds is 2. The monoisotopic (exact) mass is 341 g/mol. The average molecular weight is 341 g/mol. The Morgan fingerprint density at radius 2 is 2.00 bits per heavy atom. The third-order valence-electron chi connectivity index (χ3n) is 4.23. The Morgan fingerprint density at radius 3 is 2.83 bits per heavy atom. The van der Waals surface area contributed by atoms with Crippen LogP contribution in [0.4, 0.5) is 11.5 Å². The van der Waals surface area contributed by atoms with Gasteiger partial charge < -0.3 is 10.4 Å². The van der Waals surface area contributed by atoms with Crippen LogP contribution in [0.3, 0.4) is 0 Å². The van der Waals surface area contributed by atoms with Crippen LogP contribution in [0.2, 0.25) is 0 Å². The summed E-state index contributed by atoms with van der Waals surface area (Å²) in [7, 11) is -3.23. The quantitative estimate of drug-likeness (QED) is 0.696. The lowest BCUT2D eigenvalue weighted by molar-refractivity contribution is 0.477. The van der Waals surface area contributed by atoms with Crippen LogP contribution in [0.25, 0.3) is 10.9 Å². The van der Waals surface area contributed by atoms with Gasteiger partial charge in [0.1, 0.15) is 17.9 Å². The average Bonchev–Trinajstić information content (AvgIpc) is 2.86. The number of fused-ring (bicyclic) bond motifs is 3. The summed E-state index contributed by atoms with van der Waals surface area (Å²) in [6.07, 6.45) is 1.87. The number of hydrogen-bond donors (Lipinski definition) is 2. The summed E-state index contributed by atoms with van der Waals surface area (Å²) < 4.78 is 24.3. The van der Waals surface area contributed by atoms with E-state index >= 15 is 0 Å². The minimum Gasteiger partial charge on any atom is -0.506 e. The molecular formula is C17H15N3O3S. The number of anilines is 2. The van der Waals surface area contributed by atoms with E-state index in [4.69, 9.17) is 0 Å². The molecule has 4 rings (SSSR count).